The quantitative estimate of drug-likeness (QED) is 0.796. The van der Waals surface area contributed by atoms with E-state index >= 15 is 0 Å². The van der Waals surface area contributed by atoms with E-state index in [2.05, 4.69) is 10.4 Å². The van der Waals surface area contributed by atoms with Crippen LogP contribution in [0, 0.1) is 17.5 Å². The van der Waals surface area contributed by atoms with E-state index in [4.69, 9.17) is 0 Å². The molecule has 3 rings (SSSR count). The summed E-state index contributed by atoms with van der Waals surface area (Å²) in [6.45, 7) is 0. The minimum Gasteiger partial charge on any atom is -0.310 e. The van der Waals surface area contributed by atoms with E-state index in [0.29, 0.717) is 11.5 Å². The fraction of sp³-hybridized carbons (Fsp3) is 0.0588. The standard InChI is InChI=1S/C17H12F3N3O/c18-12-1-4-14(5-2-12)23-16(7-8-21-23)22-17(24)10-11-9-13(19)3-6-15(11)20/h1-9H,10H2,(H,22,24). The summed E-state index contributed by atoms with van der Waals surface area (Å²) in [5.74, 6) is -1.85. The fourth-order valence-electron chi connectivity index (χ4n) is 2.22. The van der Waals surface area contributed by atoms with Crippen LogP contribution in [-0.2, 0) is 11.2 Å². The molecule has 0 saturated carbocycles. The number of benzene rings is 2. The summed E-state index contributed by atoms with van der Waals surface area (Å²) < 4.78 is 41.1. The topological polar surface area (TPSA) is 46.9 Å². The molecule has 0 aliphatic rings. The Kier molecular flexibility index (Phi) is 4.33. The zero-order valence-corrected chi connectivity index (χ0v) is 12.3. The van der Waals surface area contributed by atoms with Crippen molar-refractivity contribution in [3.05, 3.63) is 77.7 Å². The van der Waals surface area contributed by atoms with Gasteiger partial charge in [-0.2, -0.15) is 5.10 Å². The molecule has 0 saturated heterocycles. The Morgan fingerprint density at radius 3 is 2.46 bits per heavy atom. The molecule has 0 radical (unpaired) electrons. The first-order chi connectivity index (χ1) is 11.5. The van der Waals surface area contributed by atoms with Crippen LogP contribution in [0.15, 0.2) is 54.7 Å². The number of amides is 1. The molecule has 122 valence electrons. The molecule has 0 atom stereocenters. The van der Waals surface area contributed by atoms with E-state index < -0.39 is 23.4 Å². The third-order valence-corrected chi connectivity index (χ3v) is 3.34. The van der Waals surface area contributed by atoms with Gasteiger partial charge in [0.1, 0.15) is 23.3 Å². The molecule has 3 aromatic rings. The monoisotopic (exact) mass is 331 g/mol. The van der Waals surface area contributed by atoms with Crippen molar-refractivity contribution in [2.24, 2.45) is 0 Å². The average molecular weight is 331 g/mol. The molecule has 2 aromatic carbocycles. The van der Waals surface area contributed by atoms with Crippen molar-refractivity contribution >= 4 is 11.7 Å². The van der Waals surface area contributed by atoms with Gasteiger partial charge in [0.05, 0.1) is 18.3 Å². The second-order valence-electron chi connectivity index (χ2n) is 5.07. The fourth-order valence-corrected chi connectivity index (χ4v) is 2.22. The normalized spacial score (nSPS) is 10.6. The van der Waals surface area contributed by atoms with Crippen molar-refractivity contribution < 1.29 is 18.0 Å². The van der Waals surface area contributed by atoms with Crippen LogP contribution in [0.2, 0.25) is 0 Å². The van der Waals surface area contributed by atoms with Gasteiger partial charge in [-0.15, -0.1) is 0 Å². The number of anilines is 1. The molecule has 1 amide bonds. The van der Waals surface area contributed by atoms with E-state index in [1.165, 1.54) is 35.1 Å². The van der Waals surface area contributed by atoms with Gasteiger partial charge in [0.25, 0.3) is 0 Å². The Morgan fingerprint density at radius 2 is 1.71 bits per heavy atom. The maximum absolute atomic E-state index is 13.6. The molecule has 1 heterocycles. The van der Waals surface area contributed by atoms with Gasteiger partial charge in [0.15, 0.2) is 0 Å². The highest BCUT2D eigenvalue weighted by Crippen LogP contribution is 2.16. The molecule has 0 unspecified atom stereocenters. The molecule has 0 bridgehead atoms. The smallest absolute Gasteiger partial charge is 0.230 e. The first kappa shape index (κ1) is 15.8. The summed E-state index contributed by atoms with van der Waals surface area (Å²) >= 11 is 0. The van der Waals surface area contributed by atoms with Crippen LogP contribution < -0.4 is 5.32 Å². The zero-order chi connectivity index (χ0) is 17.1. The van der Waals surface area contributed by atoms with Crippen molar-refractivity contribution in [1.29, 1.82) is 0 Å². The molecular formula is C17H12F3N3O. The highest BCUT2D eigenvalue weighted by atomic mass is 19.1. The Labute approximate surface area is 135 Å². The Balaban J connectivity index is 1.77. The zero-order valence-electron chi connectivity index (χ0n) is 12.3. The van der Waals surface area contributed by atoms with E-state index in [0.717, 1.165) is 18.2 Å². The predicted octanol–water partition coefficient (Wildman–Crippen LogP) is 3.47. The van der Waals surface area contributed by atoms with Crippen molar-refractivity contribution in [2.75, 3.05) is 5.32 Å². The number of rotatable bonds is 4. The molecule has 0 aliphatic carbocycles. The molecule has 0 spiro atoms. The number of halogens is 3. The first-order valence-corrected chi connectivity index (χ1v) is 7.06. The number of hydrogen-bond donors (Lipinski definition) is 1. The lowest BCUT2D eigenvalue weighted by Gasteiger charge is -2.09. The summed E-state index contributed by atoms with van der Waals surface area (Å²) in [6.07, 6.45) is 1.14. The highest BCUT2D eigenvalue weighted by Gasteiger charge is 2.12. The second kappa shape index (κ2) is 6.57. The SMILES string of the molecule is O=C(Cc1cc(F)ccc1F)Nc1ccnn1-c1ccc(F)cc1. The number of hydrogen-bond acceptors (Lipinski definition) is 2. The third-order valence-electron chi connectivity index (χ3n) is 3.34. The summed E-state index contributed by atoms with van der Waals surface area (Å²) in [5, 5.41) is 6.63. The summed E-state index contributed by atoms with van der Waals surface area (Å²) in [6, 6.07) is 10.0. The second-order valence-corrected chi connectivity index (χ2v) is 5.07. The van der Waals surface area contributed by atoms with Crippen LogP contribution in [0.1, 0.15) is 5.56 Å². The van der Waals surface area contributed by atoms with Gasteiger partial charge in [-0.05, 0) is 42.5 Å². The summed E-state index contributed by atoms with van der Waals surface area (Å²) in [7, 11) is 0. The van der Waals surface area contributed by atoms with Crippen LogP contribution in [0.3, 0.4) is 0 Å². The Bertz CT molecular complexity index is 875. The summed E-state index contributed by atoms with van der Waals surface area (Å²) in [5.41, 5.74) is 0.508. The molecule has 1 N–H and O–H groups in total. The number of nitrogens with one attached hydrogen (secondary N) is 1. The third kappa shape index (κ3) is 3.45. The minimum absolute atomic E-state index is 0.0413. The number of carbonyl (C=O) groups is 1. The van der Waals surface area contributed by atoms with E-state index in [9.17, 15) is 18.0 Å². The first-order valence-electron chi connectivity index (χ1n) is 7.06. The number of aromatic nitrogens is 2. The average Bonchev–Trinajstić information content (AvgIpc) is 2.99. The van der Waals surface area contributed by atoms with Gasteiger partial charge in [-0.25, -0.2) is 17.9 Å². The van der Waals surface area contributed by atoms with Gasteiger partial charge >= 0.3 is 0 Å². The van der Waals surface area contributed by atoms with Crippen molar-refractivity contribution in [3.63, 3.8) is 0 Å². The predicted molar refractivity (Wildman–Crippen MR) is 82.2 cm³/mol. The van der Waals surface area contributed by atoms with Crippen molar-refractivity contribution in [1.82, 2.24) is 9.78 Å². The lowest BCUT2D eigenvalue weighted by Crippen LogP contribution is -2.18. The van der Waals surface area contributed by atoms with Crippen LogP contribution in [0.25, 0.3) is 5.69 Å². The van der Waals surface area contributed by atoms with Crippen molar-refractivity contribution in [3.8, 4) is 5.69 Å². The van der Waals surface area contributed by atoms with Gasteiger partial charge in [-0.1, -0.05) is 0 Å². The van der Waals surface area contributed by atoms with Crippen LogP contribution in [0.4, 0.5) is 19.0 Å². The molecule has 4 nitrogen and oxygen atoms in total. The van der Waals surface area contributed by atoms with Gasteiger partial charge < -0.3 is 5.32 Å². The van der Waals surface area contributed by atoms with Crippen LogP contribution >= 0.6 is 0 Å². The number of carbonyl (C=O) groups excluding carboxylic acids is 1. The van der Waals surface area contributed by atoms with Gasteiger partial charge in [0, 0.05) is 11.6 Å². The van der Waals surface area contributed by atoms with E-state index in [1.54, 1.807) is 6.07 Å². The van der Waals surface area contributed by atoms with E-state index in [1.807, 2.05) is 0 Å². The van der Waals surface area contributed by atoms with Crippen LogP contribution in [-0.4, -0.2) is 15.7 Å². The lowest BCUT2D eigenvalue weighted by molar-refractivity contribution is -0.115. The van der Waals surface area contributed by atoms with Crippen molar-refractivity contribution in [2.45, 2.75) is 6.42 Å². The number of nitrogens with zero attached hydrogens (tertiary/aromatic N) is 2. The maximum atomic E-state index is 13.6. The highest BCUT2D eigenvalue weighted by molar-refractivity contribution is 5.91. The molecule has 0 fully saturated rings. The maximum Gasteiger partial charge on any atom is 0.230 e. The van der Waals surface area contributed by atoms with E-state index in [-0.39, 0.29) is 12.0 Å². The van der Waals surface area contributed by atoms with Gasteiger partial charge in [0.2, 0.25) is 5.91 Å². The molecule has 7 heteroatoms. The minimum atomic E-state index is -0.654. The molecular weight excluding hydrogens is 319 g/mol. The Morgan fingerprint density at radius 1 is 1.00 bits per heavy atom. The lowest BCUT2D eigenvalue weighted by atomic mass is 10.1. The Hall–Kier alpha value is -3.09. The summed E-state index contributed by atoms with van der Waals surface area (Å²) in [4.78, 5) is 12.1. The molecule has 24 heavy (non-hydrogen) atoms. The van der Waals surface area contributed by atoms with Crippen LogP contribution in [0.5, 0.6) is 0 Å². The molecule has 1 aromatic heterocycles. The largest absolute Gasteiger partial charge is 0.310 e. The molecule has 0 aliphatic heterocycles. The van der Waals surface area contributed by atoms with Gasteiger partial charge in [-0.3, -0.25) is 4.79 Å².